The fourth-order valence-corrected chi connectivity index (χ4v) is 0.606. The number of hydrogen-bond acceptors (Lipinski definition) is 0. The van der Waals surface area contributed by atoms with E-state index < -0.39 is 0 Å². The van der Waals surface area contributed by atoms with Gasteiger partial charge in [0.1, 0.15) is 0 Å². The van der Waals surface area contributed by atoms with E-state index in [-0.39, 0.29) is 0 Å². The lowest BCUT2D eigenvalue weighted by molar-refractivity contribution is 0.868. The molecule has 0 heterocycles. The van der Waals surface area contributed by atoms with Gasteiger partial charge < -0.3 is 0 Å². The van der Waals surface area contributed by atoms with Crippen molar-refractivity contribution in [1.82, 2.24) is 0 Å². The Morgan fingerprint density at radius 1 is 1.44 bits per heavy atom. The van der Waals surface area contributed by atoms with Gasteiger partial charge in [-0.05, 0) is 32.3 Å². The van der Waals surface area contributed by atoms with Gasteiger partial charge in [0.05, 0.1) is 0 Å². The number of rotatable bonds is 4. The van der Waals surface area contributed by atoms with Crippen molar-refractivity contribution in [3.63, 3.8) is 0 Å². The molecule has 0 aromatic rings. The van der Waals surface area contributed by atoms with Gasteiger partial charge in [0.2, 0.25) is 0 Å². The minimum atomic E-state index is 1.10. The molecule has 0 rings (SSSR count). The lowest BCUT2D eigenvalue weighted by Crippen LogP contribution is -1.66. The molecule has 0 saturated heterocycles. The normalized spacial score (nSPS) is 9.44. The molecule has 0 bridgehead atoms. The van der Waals surface area contributed by atoms with Gasteiger partial charge >= 0.3 is 0 Å². The van der Waals surface area contributed by atoms with Crippen molar-refractivity contribution in [1.29, 1.82) is 0 Å². The second-order valence-corrected chi connectivity index (χ2v) is 1.91. The summed E-state index contributed by atoms with van der Waals surface area (Å²) in [7, 11) is 0. The lowest BCUT2D eigenvalue weighted by atomic mass is 10.2. The molecule has 0 saturated carbocycles. The van der Waals surface area contributed by atoms with Gasteiger partial charge in [-0.3, -0.25) is 0 Å². The Kier molecular flexibility index (Phi) is 6.66. The van der Waals surface area contributed by atoms with Gasteiger partial charge in [-0.1, -0.05) is 18.7 Å². The summed E-state index contributed by atoms with van der Waals surface area (Å²) < 4.78 is 0. The molecule has 0 amide bonds. The summed E-state index contributed by atoms with van der Waals surface area (Å²) in [6.07, 6.45) is 9.73. The first-order valence-corrected chi connectivity index (χ1v) is 3.37. The highest BCUT2D eigenvalue weighted by molar-refractivity contribution is 4.80. The average molecular weight is 122 g/mol. The smallest absolute Gasteiger partial charge is 0.0272 e. The molecule has 50 valence electrons. The van der Waals surface area contributed by atoms with E-state index in [0.717, 1.165) is 6.42 Å². The van der Waals surface area contributed by atoms with Gasteiger partial charge in [-0.2, -0.15) is 0 Å². The van der Waals surface area contributed by atoms with E-state index in [1.807, 2.05) is 13.0 Å². The highest BCUT2D eigenvalue weighted by Crippen LogP contribution is 1.96. The molecule has 0 atom stereocenters. The maximum atomic E-state index is 3.48. The quantitative estimate of drug-likeness (QED) is 0.305. The van der Waals surface area contributed by atoms with Crippen LogP contribution in [0.4, 0.5) is 0 Å². The molecule has 0 aromatic carbocycles. The van der Waals surface area contributed by atoms with E-state index in [2.05, 4.69) is 24.5 Å². The standard InChI is InChI=1S/C9H14/c1-3-5-7-9-8-6-4-2/h4-6H,1,7-9H2,2H3/b6-4-. The van der Waals surface area contributed by atoms with Crippen LogP contribution in [0.2, 0.25) is 0 Å². The minimum absolute atomic E-state index is 1.10. The summed E-state index contributed by atoms with van der Waals surface area (Å²) in [5.74, 6) is 0. The van der Waals surface area contributed by atoms with E-state index in [0.29, 0.717) is 0 Å². The Hall–Kier alpha value is -0.740. The van der Waals surface area contributed by atoms with Crippen molar-refractivity contribution in [3.05, 3.63) is 30.5 Å². The fraction of sp³-hybridized carbons (Fsp3) is 0.444. The Labute approximate surface area is 57.6 Å². The number of allylic oxidation sites excluding steroid dienone is 3. The van der Waals surface area contributed by atoms with E-state index in [1.54, 1.807) is 0 Å². The lowest BCUT2D eigenvalue weighted by Gasteiger charge is -1.85. The molecule has 9 heavy (non-hydrogen) atoms. The molecule has 0 aromatic heterocycles. The van der Waals surface area contributed by atoms with Gasteiger partial charge in [-0.15, -0.1) is 5.73 Å². The maximum Gasteiger partial charge on any atom is -0.0272 e. The van der Waals surface area contributed by atoms with Crippen LogP contribution in [-0.2, 0) is 0 Å². The van der Waals surface area contributed by atoms with Crippen LogP contribution in [0, 0.1) is 0 Å². The highest BCUT2D eigenvalue weighted by atomic mass is 13.8. The third kappa shape index (κ3) is 7.26. The van der Waals surface area contributed by atoms with E-state index >= 15 is 0 Å². The van der Waals surface area contributed by atoms with Gasteiger partial charge in [0.15, 0.2) is 0 Å². The summed E-state index contributed by atoms with van der Waals surface area (Å²) in [5, 5.41) is 0. The van der Waals surface area contributed by atoms with Crippen LogP contribution in [0.25, 0.3) is 0 Å². The van der Waals surface area contributed by atoms with Crippen LogP contribution in [0.3, 0.4) is 0 Å². The third-order valence-electron chi connectivity index (χ3n) is 1.10. The summed E-state index contributed by atoms with van der Waals surface area (Å²) in [6, 6.07) is 0. The highest BCUT2D eigenvalue weighted by Gasteiger charge is 1.76. The molecule has 0 nitrogen and oxygen atoms in total. The van der Waals surface area contributed by atoms with Gasteiger partial charge in [0.25, 0.3) is 0 Å². The molecule has 0 aliphatic heterocycles. The van der Waals surface area contributed by atoms with Gasteiger partial charge in [0, 0.05) is 0 Å². The topological polar surface area (TPSA) is 0 Å². The van der Waals surface area contributed by atoms with Crippen LogP contribution in [0.1, 0.15) is 26.2 Å². The van der Waals surface area contributed by atoms with Crippen LogP contribution in [-0.4, -0.2) is 0 Å². The summed E-state index contributed by atoms with van der Waals surface area (Å²) >= 11 is 0. The van der Waals surface area contributed by atoms with Crippen LogP contribution >= 0.6 is 0 Å². The predicted molar refractivity (Wildman–Crippen MR) is 42.4 cm³/mol. The number of hydrogen-bond donors (Lipinski definition) is 0. The Morgan fingerprint density at radius 3 is 2.78 bits per heavy atom. The molecule has 0 aliphatic rings. The van der Waals surface area contributed by atoms with E-state index in [9.17, 15) is 0 Å². The first kappa shape index (κ1) is 8.26. The molecule has 0 fully saturated rings. The summed E-state index contributed by atoms with van der Waals surface area (Å²) in [6.45, 7) is 5.52. The summed E-state index contributed by atoms with van der Waals surface area (Å²) in [4.78, 5) is 0. The zero-order chi connectivity index (χ0) is 6.95. The summed E-state index contributed by atoms with van der Waals surface area (Å²) in [5.41, 5.74) is 2.75. The first-order valence-electron chi connectivity index (χ1n) is 3.37. The SMILES string of the molecule is C=C=CCCC/C=C\C. The zero-order valence-corrected chi connectivity index (χ0v) is 6.06. The predicted octanol–water partition coefficient (Wildman–Crippen LogP) is 3.07. The van der Waals surface area contributed by atoms with Crippen molar-refractivity contribution in [3.8, 4) is 0 Å². The molecule has 0 aliphatic carbocycles. The van der Waals surface area contributed by atoms with Crippen LogP contribution in [0.15, 0.2) is 30.5 Å². The Bertz CT molecular complexity index is 114. The second kappa shape index (κ2) is 7.26. The number of unbranched alkanes of at least 4 members (excludes halogenated alkanes) is 2. The fourth-order valence-electron chi connectivity index (χ4n) is 0.606. The van der Waals surface area contributed by atoms with Gasteiger partial charge in [-0.25, -0.2) is 0 Å². The van der Waals surface area contributed by atoms with Crippen molar-refractivity contribution in [2.75, 3.05) is 0 Å². The first-order chi connectivity index (χ1) is 4.41. The largest absolute Gasteiger partial charge is 0.133 e. The monoisotopic (exact) mass is 122 g/mol. The molecule has 0 N–H and O–H groups in total. The van der Waals surface area contributed by atoms with Crippen LogP contribution < -0.4 is 0 Å². The Morgan fingerprint density at radius 2 is 2.22 bits per heavy atom. The third-order valence-corrected chi connectivity index (χ3v) is 1.10. The van der Waals surface area contributed by atoms with Crippen molar-refractivity contribution >= 4 is 0 Å². The molecule has 0 spiro atoms. The molecular weight excluding hydrogens is 108 g/mol. The van der Waals surface area contributed by atoms with E-state index in [4.69, 9.17) is 0 Å². The molecule has 0 radical (unpaired) electrons. The second-order valence-electron chi connectivity index (χ2n) is 1.91. The minimum Gasteiger partial charge on any atom is -0.133 e. The molecular formula is C9H14. The molecule has 0 unspecified atom stereocenters. The van der Waals surface area contributed by atoms with E-state index in [1.165, 1.54) is 12.8 Å². The van der Waals surface area contributed by atoms with Crippen molar-refractivity contribution in [2.24, 2.45) is 0 Å². The van der Waals surface area contributed by atoms with Crippen molar-refractivity contribution in [2.45, 2.75) is 26.2 Å². The Balaban J connectivity index is 3.00. The molecule has 0 heteroatoms. The van der Waals surface area contributed by atoms with Crippen molar-refractivity contribution < 1.29 is 0 Å². The zero-order valence-electron chi connectivity index (χ0n) is 6.06. The average Bonchev–Trinajstić information content (AvgIpc) is 1.89. The van der Waals surface area contributed by atoms with Crippen LogP contribution in [0.5, 0.6) is 0 Å². The maximum absolute atomic E-state index is 3.48.